The van der Waals surface area contributed by atoms with Crippen molar-refractivity contribution in [3.63, 3.8) is 0 Å². The van der Waals surface area contributed by atoms with Gasteiger partial charge in [0.05, 0.1) is 0 Å². The second-order valence-electron chi connectivity index (χ2n) is 9.30. The molecule has 0 aromatic heterocycles. The molecule has 1 saturated heterocycles. The third-order valence-corrected chi connectivity index (χ3v) is 6.42. The van der Waals surface area contributed by atoms with E-state index in [4.69, 9.17) is 9.47 Å². The standard InChI is InChI=1S/C27H32N2O4/c1-27(2,22-9-10-23-24(18-22)33-17-16-32-23)19-28-26(31)21-12-14-29(15-13-21)25(30)11-8-20-6-4-3-5-7-20/h3-11,18,21H,12-17,19H2,1-2H3,(H,28,31)/b11-8+. The van der Waals surface area contributed by atoms with E-state index in [1.807, 2.05) is 59.5 Å². The van der Waals surface area contributed by atoms with E-state index in [2.05, 4.69) is 19.2 Å². The third-order valence-electron chi connectivity index (χ3n) is 6.42. The summed E-state index contributed by atoms with van der Waals surface area (Å²) in [6.07, 6.45) is 4.81. The molecule has 6 heteroatoms. The number of piperidine rings is 1. The molecule has 2 amide bonds. The molecule has 1 N–H and O–H groups in total. The Hall–Kier alpha value is -3.28. The van der Waals surface area contributed by atoms with E-state index in [1.54, 1.807) is 6.08 Å². The predicted molar refractivity (Wildman–Crippen MR) is 128 cm³/mol. The Kier molecular flexibility index (Phi) is 7.02. The highest BCUT2D eigenvalue weighted by atomic mass is 16.6. The van der Waals surface area contributed by atoms with Crippen molar-refractivity contribution in [3.8, 4) is 11.5 Å². The Morgan fingerprint density at radius 1 is 1.03 bits per heavy atom. The van der Waals surface area contributed by atoms with Crippen molar-refractivity contribution >= 4 is 17.9 Å². The number of rotatable bonds is 6. The van der Waals surface area contributed by atoms with Crippen LogP contribution < -0.4 is 14.8 Å². The number of nitrogens with one attached hydrogen (secondary N) is 1. The summed E-state index contributed by atoms with van der Waals surface area (Å²) in [6.45, 7) is 7.07. The Bertz CT molecular complexity index is 1010. The van der Waals surface area contributed by atoms with Crippen molar-refractivity contribution in [3.05, 3.63) is 65.7 Å². The van der Waals surface area contributed by atoms with Crippen molar-refractivity contribution in [2.24, 2.45) is 5.92 Å². The maximum atomic E-state index is 12.8. The van der Waals surface area contributed by atoms with Crippen LogP contribution in [0.25, 0.3) is 6.08 Å². The number of carbonyl (C=O) groups is 2. The highest BCUT2D eigenvalue weighted by Crippen LogP contribution is 2.35. The smallest absolute Gasteiger partial charge is 0.246 e. The van der Waals surface area contributed by atoms with Gasteiger partial charge in [0.1, 0.15) is 13.2 Å². The third kappa shape index (κ3) is 5.75. The minimum absolute atomic E-state index is 0.00236. The fourth-order valence-corrected chi connectivity index (χ4v) is 4.22. The first-order valence-corrected chi connectivity index (χ1v) is 11.6. The fourth-order valence-electron chi connectivity index (χ4n) is 4.22. The molecule has 1 fully saturated rings. The monoisotopic (exact) mass is 448 g/mol. The Balaban J connectivity index is 1.26. The lowest BCUT2D eigenvalue weighted by atomic mass is 9.84. The van der Waals surface area contributed by atoms with E-state index < -0.39 is 0 Å². The minimum Gasteiger partial charge on any atom is -0.486 e. The molecular formula is C27H32N2O4. The number of benzene rings is 2. The molecule has 0 bridgehead atoms. The topological polar surface area (TPSA) is 67.9 Å². The zero-order chi connectivity index (χ0) is 23.3. The predicted octanol–water partition coefficient (Wildman–Crippen LogP) is 3.80. The molecule has 2 heterocycles. The van der Waals surface area contributed by atoms with Gasteiger partial charge in [-0.3, -0.25) is 9.59 Å². The van der Waals surface area contributed by atoms with Crippen molar-refractivity contribution < 1.29 is 19.1 Å². The van der Waals surface area contributed by atoms with Gasteiger partial charge in [0.2, 0.25) is 11.8 Å². The molecule has 4 rings (SSSR count). The van der Waals surface area contributed by atoms with Gasteiger partial charge < -0.3 is 19.7 Å². The van der Waals surface area contributed by atoms with E-state index in [0.717, 1.165) is 22.6 Å². The number of amides is 2. The second-order valence-corrected chi connectivity index (χ2v) is 9.30. The van der Waals surface area contributed by atoms with Gasteiger partial charge in [-0.15, -0.1) is 0 Å². The van der Waals surface area contributed by atoms with Crippen molar-refractivity contribution in [1.29, 1.82) is 0 Å². The first kappa shape index (κ1) is 22.9. The minimum atomic E-state index is -0.246. The van der Waals surface area contributed by atoms with E-state index in [1.165, 1.54) is 0 Å². The second kappa shape index (κ2) is 10.1. The van der Waals surface area contributed by atoms with E-state index >= 15 is 0 Å². The van der Waals surface area contributed by atoms with Gasteiger partial charge in [0.25, 0.3) is 0 Å². The molecule has 2 aromatic carbocycles. The largest absolute Gasteiger partial charge is 0.486 e. The Morgan fingerprint density at radius 3 is 2.45 bits per heavy atom. The van der Waals surface area contributed by atoms with E-state index in [9.17, 15) is 9.59 Å². The summed E-state index contributed by atoms with van der Waals surface area (Å²) in [5.74, 6) is 1.52. The number of carbonyl (C=O) groups excluding carboxylic acids is 2. The summed E-state index contributed by atoms with van der Waals surface area (Å²) in [6, 6.07) is 15.8. The van der Waals surface area contributed by atoms with Crippen LogP contribution in [0.4, 0.5) is 0 Å². The number of nitrogens with zero attached hydrogens (tertiary/aromatic N) is 1. The molecule has 2 aromatic rings. The average Bonchev–Trinajstić information content (AvgIpc) is 2.86. The number of hydrogen-bond donors (Lipinski definition) is 1. The van der Waals surface area contributed by atoms with E-state index in [0.29, 0.717) is 45.7 Å². The lowest BCUT2D eigenvalue weighted by Gasteiger charge is -2.32. The van der Waals surface area contributed by atoms with Crippen LogP contribution in [-0.2, 0) is 15.0 Å². The first-order valence-electron chi connectivity index (χ1n) is 11.6. The summed E-state index contributed by atoms with van der Waals surface area (Å²) >= 11 is 0. The van der Waals surface area contributed by atoms with Gasteiger partial charge in [-0.25, -0.2) is 0 Å². The molecule has 0 spiro atoms. The van der Waals surface area contributed by atoms with Gasteiger partial charge in [-0.05, 0) is 42.2 Å². The van der Waals surface area contributed by atoms with Gasteiger partial charge in [-0.2, -0.15) is 0 Å². The van der Waals surface area contributed by atoms with Gasteiger partial charge >= 0.3 is 0 Å². The summed E-state index contributed by atoms with van der Waals surface area (Å²) in [5.41, 5.74) is 1.85. The van der Waals surface area contributed by atoms with Crippen LogP contribution in [0.5, 0.6) is 11.5 Å². The highest BCUT2D eigenvalue weighted by Gasteiger charge is 2.29. The van der Waals surface area contributed by atoms with Crippen LogP contribution >= 0.6 is 0 Å². The van der Waals surface area contributed by atoms with Crippen LogP contribution in [0, 0.1) is 5.92 Å². The Morgan fingerprint density at radius 2 is 1.73 bits per heavy atom. The fraction of sp³-hybridized carbons (Fsp3) is 0.407. The maximum Gasteiger partial charge on any atom is 0.246 e. The van der Waals surface area contributed by atoms with Gasteiger partial charge in [0, 0.05) is 37.0 Å². The van der Waals surface area contributed by atoms with Crippen LogP contribution in [0.15, 0.2) is 54.6 Å². The van der Waals surface area contributed by atoms with Crippen LogP contribution in [0.2, 0.25) is 0 Å². The molecule has 0 saturated carbocycles. The molecule has 0 atom stereocenters. The molecule has 0 unspecified atom stereocenters. The van der Waals surface area contributed by atoms with Crippen molar-refractivity contribution in [1.82, 2.24) is 10.2 Å². The molecule has 2 aliphatic heterocycles. The summed E-state index contributed by atoms with van der Waals surface area (Å²) in [4.78, 5) is 27.1. The lowest BCUT2D eigenvalue weighted by molar-refractivity contribution is -0.132. The normalized spacial score (nSPS) is 16.6. The van der Waals surface area contributed by atoms with Crippen LogP contribution in [0.1, 0.15) is 37.8 Å². The quantitative estimate of drug-likeness (QED) is 0.683. The molecule has 0 aliphatic carbocycles. The van der Waals surface area contributed by atoms with Crippen molar-refractivity contribution in [2.75, 3.05) is 32.8 Å². The number of hydrogen-bond acceptors (Lipinski definition) is 4. The highest BCUT2D eigenvalue weighted by molar-refractivity contribution is 5.92. The first-order chi connectivity index (χ1) is 15.9. The zero-order valence-electron chi connectivity index (χ0n) is 19.4. The summed E-state index contributed by atoms with van der Waals surface area (Å²) < 4.78 is 11.3. The molecular weight excluding hydrogens is 416 g/mol. The SMILES string of the molecule is CC(C)(CNC(=O)C1CCN(C(=O)/C=C/c2ccccc2)CC1)c1ccc2c(c1)OCCO2. The molecule has 0 radical (unpaired) electrons. The molecule has 33 heavy (non-hydrogen) atoms. The van der Waals surface area contributed by atoms with Crippen molar-refractivity contribution in [2.45, 2.75) is 32.1 Å². The molecule has 6 nitrogen and oxygen atoms in total. The van der Waals surface area contributed by atoms with Gasteiger partial charge in [0.15, 0.2) is 11.5 Å². The summed E-state index contributed by atoms with van der Waals surface area (Å²) in [5, 5.41) is 3.13. The van der Waals surface area contributed by atoms with Gasteiger partial charge in [-0.1, -0.05) is 50.2 Å². The van der Waals surface area contributed by atoms with E-state index in [-0.39, 0.29) is 23.1 Å². The molecule has 2 aliphatic rings. The number of ether oxygens (including phenoxy) is 2. The van der Waals surface area contributed by atoms with Crippen LogP contribution in [0.3, 0.4) is 0 Å². The number of fused-ring (bicyclic) bond motifs is 1. The molecule has 174 valence electrons. The summed E-state index contributed by atoms with van der Waals surface area (Å²) in [7, 11) is 0. The maximum absolute atomic E-state index is 12.8. The number of likely N-dealkylation sites (tertiary alicyclic amines) is 1. The lowest BCUT2D eigenvalue weighted by Crippen LogP contribution is -2.45. The Labute approximate surface area is 195 Å². The van der Waals surface area contributed by atoms with Crippen LogP contribution in [-0.4, -0.2) is 49.6 Å². The zero-order valence-corrected chi connectivity index (χ0v) is 19.4. The average molecular weight is 449 g/mol.